The quantitative estimate of drug-likeness (QED) is 0.406. The van der Waals surface area contributed by atoms with Crippen molar-refractivity contribution in [3.8, 4) is 17.2 Å². The number of fused-ring (bicyclic) bond motifs is 1. The van der Waals surface area contributed by atoms with E-state index in [-0.39, 0.29) is 35.0 Å². The Balaban J connectivity index is 1.43. The number of nitrogens with zero attached hydrogens (tertiary/aromatic N) is 5. The fourth-order valence-electron chi connectivity index (χ4n) is 3.91. The Hall–Kier alpha value is -2.91. The Kier molecular flexibility index (Phi) is 7.53. The average Bonchev–Trinajstić information content (AvgIpc) is 3.44. The van der Waals surface area contributed by atoms with Crippen LogP contribution in [0.4, 0.5) is 5.82 Å². The number of rotatable bonds is 10. The maximum Gasteiger partial charge on any atom is 0.332 e. The summed E-state index contributed by atoms with van der Waals surface area (Å²) < 4.78 is 8.15. The van der Waals surface area contributed by atoms with E-state index in [9.17, 15) is 14.7 Å². The Labute approximate surface area is 205 Å². The molecule has 3 heterocycles. The van der Waals surface area contributed by atoms with Crippen LogP contribution in [0, 0.1) is 0 Å². The predicted octanol–water partition coefficient (Wildman–Crippen LogP) is 4.46. The van der Waals surface area contributed by atoms with Crippen LogP contribution >= 0.6 is 23.2 Å². The smallest absolute Gasteiger partial charge is 0.332 e. The number of hydrogen-bond acceptors (Lipinski definition) is 7. The van der Waals surface area contributed by atoms with Gasteiger partial charge in [0.2, 0.25) is 0 Å². The van der Waals surface area contributed by atoms with Crippen LogP contribution in [0.5, 0.6) is 5.75 Å². The summed E-state index contributed by atoms with van der Waals surface area (Å²) in [6.07, 6.45) is 4.88. The van der Waals surface area contributed by atoms with Crippen molar-refractivity contribution in [2.24, 2.45) is 4.99 Å². The minimum Gasteiger partial charge on any atom is -0.506 e. The molecule has 0 unspecified atom stereocenters. The van der Waals surface area contributed by atoms with Gasteiger partial charge in [-0.3, -0.25) is 13.9 Å². The lowest BCUT2D eigenvalue weighted by Crippen LogP contribution is -2.41. The molecule has 0 amide bonds. The van der Waals surface area contributed by atoms with Gasteiger partial charge in [-0.05, 0) is 37.5 Å². The lowest BCUT2D eigenvalue weighted by molar-refractivity contribution is 0.420. The summed E-state index contributed by atoms with van der Waals surface area (Å²) in [5.74, 6) is 1.20. The van der Waals surface area contributed by atoms with E-state index in [4.69, 9.17) is 27.7 Å². The second-order valence-corrected chi connectivity index (χ2v) is 9.05. The number of halogens is 2. The van der Waals surface area contributed by atoms with E-state index in [0.717, 1.165) is 19.3 Å². The molecule has 4 rings (SSSR count). The van der Waals surface area contributed by atoms with E-state index < -0.39 is 0 Å². The third-order valence-electron chi connectivity index (χ3n) is 5.72. The largest absolute Gasteiger partial charge is 0.506 e. The highest BCUT2D eigenvalue weighted by molar-refractivity contribution is 6.66. The van der Waals surface area contributed by atoms with E-state index in [1.54, 1.807) is 16.7 Å². The standard InChI is InChI=1S/C23H25Cl2N5O4/c1-2-3-5-10-29-20-15(13-18(25)26-20)22(32)30(23(29)33)11-6-4-7-19-27-21(34-28-19)14-8-9-17(31)16(24)12-14/h8-9,12,31H,2-7,10-11,13H2,1H3. The lowest BCUT2D eigenvalue weighted by atomic mass is 10.2. The predicted molar refractivity (Wildman–Crippen MR) is 130 cm³/mol. The highest BCUT2D eigenvalue weighted by Gasteiger charge is 2.24. The molecule has 0 saturated heterocycles. The van der Waals surface area contributed by atoms with Crippen molar-refractivity contribution in [1.29, 1.82) is 0 Å². The number of phenols is 1. The first-order valence-corrected chi connectivity index (χ1v) is 12.1. The number of phenolic OH excluding ortho intramolecular Hbond substituents is 1. The van der Waals surface area contributed by atoms with Crippen LogP contribution in [0.2, 0.25) is 5.02 Å². The van der Waals surface area contributed by atoms with E-state index >= 15 is 0 Å². The second kappa shape index (κ2) is 10.6. The van der Waals surface area contributed by atoms with Crippen molar-refractivity contribution in [2.75, 3.05) is 0 Å². The molecule has 0 fully saturated rings. The van der Waals surface area contributed by atoms with Crippen molar-refractivity contribution >= 4 is 34.2 Å². The Bertz CT molecular complexity index is 1340. The average molecular weight is 506 g/mol. The minimum absolute atomic E-state index is 0.0230. The Morgan fingerprint density at radius 2 is 1.85 bits per heavy atom. The molecular formula is C23H25Cl2N5O4. The molecular weight excluding hydrogens is 481 g/mol. The molecule has 11 heteroatoms. The summed E-state index contributed by atoms with van der Waals surface area (Å²) in [6.45, 7) is 2.89. The molecule has 34 heavy (non-hydrogen) atoms. The van der Waals surface area contributed by atoms with Gasteiger partial charge in [-0.15, -0.1) is 0 Å². The summed E-state index contributed by atoms with van der Waals surface area (Å²) >= 11 is 12.0. The van der Waals surface area contributed by atoms with Gasteiger partial charge in [0, 0.05) is 31.5 Å². The number of hydrogen-bond donors (Lipinski definition) is 1. The van der Waals surface area contributed by atoms with Gasteiger partial charge >= 0.3 is 5.69 Å². The van der Waals surface area contributed by atoms with Crippen molar-refractivity contribution < 1.29 is 9.63 Å². The molecule has 180 valence electrons. The first kappa shape index (κ1) is 24.2. The molecule has 0 radical (unpaired) electrons. The molecule has 1 N–H and O–H groups in total. The molecule has 0 aliphatic carbocycles. The Morgan fingerprint density at radius 3 is 2.62 bits per heavy atom. The van der Waals surface area contributed by atoms with Crippen LogP contribution in [0.3, 0.4) is 0 Å². The number of aliphatic imine (C=N–C) groups is 1. The van der Waals surface area contributed by atoms with Gasteiger partial charge < -0.3 is 9.63 Å². The normalized spacial score (nSPS) is 12.7. The second-order valence-electron chi connectivity index (χ2n) is 8.20. The SMILES string of the molecule is CCCCCn1c2c(c(=O)n(CCCCc3noc(-c4ccc(O)c(Cl)c4)n3)c1=O)CC(Cl)=N2. The highest BCUT2D eigenvalue weighted by Crippen LogP contribution is 2.28. The van der Waals surface area contributed by atoms with Crippen molar-refractivity contribution in [3.05, 3.63) is 55.4 Å². The van der Waals surface area contributed by atoms with Gasteiger partial charge in [-0.2, -0.15) is 4.98 Å². The van der Waals surface area contributed by atoms with E-state index in [0.29, 0.717) is 59.6 Å². The maximum absolute atomic E-state index is 13.1. The number of benzene rings is 1. The van der Waals surface area contributed by atoms with Gasteiger partial charge in [0.1, 0.15) is 16.7 Å². The number of aryl methyl sites for hydroxylation is 1. The van der Waals surface area contributed by atoms with Gasteiger partial charge in [-0.1, -0.05) is 48.1 Å². The zero-order chi connectivity index (χ0) is 24.2. The zero-order valence-corrected chi connectivity index (χ0v) is 20.3. The number of aromatic hydroxyl groups is 1. The monoisotopic (exact) mass is 505 g/mol. The molecule has 1 aliphatic heterocycles. The fraction of sp³-hybridized carbons (Fsp3) is 0.435. The van der Waals surface area contributed by atoms with E-state index in [1.165, 1.54) is 10.6 Å². The van der Waals surface area contributed by atoms with Gasteiger partial charge in [0.05, 0.1) is 10.6 Å². The minimum atomic E-state index is -0.346. The van der Waals surface area contributed by atoms with Crippen LogP contribution in [-0.4, -0.2) is 29.6 Å². The van der Waals surface area contributed by atoms with Crippen molar-refractivity contribution in [1.82, 2.24) is 19.3 Å². The molecule has 1 aliphatic rings. The zero-order valence-electron chi connectivity index (χ0n) is 18.8. The lowest BCUT2D eigenvalue weighted by Gasteiger charge is -2.14. The van der Waals surface area contributed by atoms with Crippen LogP contribution in [0.15, 0.2) is 37.3 Å². The van der Waals surface area contributed by atoms with Crippen LogP contribution in [-0.2, 0) is 25.9 Å². The fourth-order valence-corrected chi connectivity index (χ4v) is 4.31. The van der Waals surface area contributed by atoms with Crippen molar-refractivity contribution in [2.45, 2.75) is 65.0 Å². The van der Waals surface area contributed by atoms with Crippen LogP contribution in [0.25, 0.3) is 11.5 Å². The highest BCUT2D eigenvalue weighted by atomic mass is 35.5. The number of aromatic nitrogens is 4. The topological polar surface area (TPSA) is 116 Å². The molecule has 2 aromatic heterocycles. The maximum atomic E-state index is 13.1. The summed E-state index contributed by atoms with van der Waals surface area (Å²) in [4.78, 5) is 34.6. The van der Waals surface area contributed by atoms with Gasteiger partial charge in [0.25, 0.3) is 11.4 Å². The first-order valence-electron chi connectivity index (χ1n) is 11.3. The Morgan fingerprint density at radius 1 is 1.09 bits per heavy atom. The molecule has 1 aromatic carbocycles. The van der Waals surface area contributed by atoms with E-state index in [1.807, 2.05) is 0 Å². The summed E-state index contributed by atoms with van der Waals surface area (Å²) in [7, 11) is 0. The summed E-state index contributed by atoms with van der Waals surface area (Å²) in [5, 5.41) is 14.1. The first-order chi connectivity index (χ1) is 16.4. The van der Waals surface area contributed by atoms with Crippen LogP contribution in [0.1, 0.15) is 50.4 Å². The summed E-state index contributed by atoms with van der Waals surface area (Å²) in [5.41, 5.74) is 0.422. The summed E-state index contributed by atoms with van der Waals surface area (Å²) in [6, 6.07) is 4.65. The van der Waals surface area contributed by atoms with Crippen LogP contribution < -0.4 is 11.2 Å². The molecule has 0 atom stereocenters. The molecule has 3 aromatic rings. The number of unbranched alkanes of at least 4 members (excludes halogenated alkanes) is 3. The molecule has 0 spiro atoms. The third-order valence-corrected chi connectivity index (χ3v) is 6.24. The molecule has 9 nitrogen and oxygen atoms in total. The van der Waals surface area contributed by atoms with Gasteiger partial charge in [-0.25, -0.2) is 9.79 Å². The van der Waals surface area contributed by atoms with Gasteiger partial charge in [0.15, 0.2) is 5.82 Å². The third kappa shape index (κ3) is 5.10. The molecule has 0 bridgehead atoms. The van der Waals surface area contributed by atoms with E-state index in [2.05, 4.69) is 22.1 Å². The molecule has 0 saturated carbocycles. The van der Waals surface area contributed by atoms with Crippen molar-refractivity contribution in [3.63, 3.8) is 0 Å².